The summed E-state index contributed by atoms with van der Waals surface area (Å²) in [6, 6.07) is 14.5. The summed E-state index contributed by atoms with van der Waals surface area (Å²) in [5.41, 5.74) is 1.42. The van der Waals surface area contributed by atoms with Crippen molar-refractivity contribution in [2.75, 3.05) is 6.54 Å². The molecule has 1 amide bonds. The van der Waals surface area contributed by atoms with Gasteiger partial charge in [-0.1, -0.05) is 30.3 Å². The van der Waals surface area contributed by atoms with Crippen molar-refractivity contribution in [1.29, 1.82) is 0 Å². The van der Waals surface area contributed by atoms with E-state index >= 15 is 0 Å². The van der Waals surface area contributed by atoms with Gasteiger partial charge >= 0.3 is 0 Å². The first-order chi connectivity index (χ1) is 11.0. The van der Waals surface area contributed by atoms with E-state index in [1.54, 1.807) is 6.07 Å². The number of nitrogens with zero attached hydrogens (tertiary/aromatic N) is 1. The first-order valence-corrected chi connectivity index (χ1v) is 8.09. The highest BCUT2D eigenvalue weighted by Gasteiger charge is 2.44. The average Bonchev–Trinajstić information content (AvgIpc) is 3.35. The first kappa shape index (κ1) is 15.7. The van der Waals surface area contributed by atoms with Gasteiger partial charge in [-0.25, -0.2) is 0 Å². The smallest absolute Gasteiger partial charge is 0.284 e. The molecule has 0 bridgehead atoms. The minimum absolute atomic E-state index is 0.0121. The molecule has 23 heavy (non-hydrogen) atoms. The molecule has 2 aromatic rings. The molecule has 1 fully saturated rings. The summed E-state index contributed by atoms with van der Waals surface area (Å²) < 4.78 is 0.363. The number of hydrogen-bond donors (Lipinski definition) is 1. The number of hydrogen-bond acceptors (Lipinski definition) is 3. The van der Waals surface area contributed by atoms with Crippen LogP contribution in [0.1, 0.15) is 28.8 Å². The lowest BCUT2D eigenvalue weighted by Crippen LogP contribution is -2.32. The number of carbonyl (C=O) groups is 1. The van der Waals surface area contributed by atoms with Crippen molar-refractivity contribution >= 4 is 27.5 Å². The molecule has 5 nitrogen and oxygen atoms in total. The predicted molar refractivity (Wildman–Crippen MR) is 90.5 cm³/mol. The summed E-state index contributed by atoms with van der Waals surface area (Å²) >= 11 is 3.12. The standard InChI is InChI=1S/C17H15BrN2O3/c18-14-7-6-12(10-15(14)20(22)23)16(21)19-11-17(8-9-17)13-4-2-1-3-5-13/h1-7,10H,8-9,11H2,(H,19,21). The Morgan fingerprint density at radius 3 is 2.52 bits per heavy atom. The van der Waals surface area contributed by atoms with Gasteiger partial charge in [0.05, 0.1) is 9.40 Å². The van der Waals surface area contributed by atoms with E-state index in [1.165, 1.54) is 17.7 Å². The maximum Gasteiger partial charge on any atom is 0.284 e. The number of amides is 1. The zero-order valence-corrected chi connectivity index (χ0v) is 13.9. The molecule has 1 aliphatic carbocycles. The summed E-state index contributed by atoms with van der Waals surface area (Å²) in [7, 11) is 0. The summed E-state index contributed by atoms with van der Waals surface area (Å²) in [6.07, 6.45) is 2.08. The van der Waals surface area contributed by atoms with Gasteiger partial charge in [-0.05, 0) is 46.5 Å². The predicted octanol–water partition coefficient (Wildman–Crippen LogP) is 3.82. The fourth-order valence-electron chi connectivity index (χ4n) is 2.66. The third-order valence-corrected chi connectivity index (χ3v) is 4.90. The van der Waals surface area contributed by atoms with Gasteiger partial charge in [0.25, 0.3) is 11.6 Å². The number of rotatable bonds is 5. The minimum atomic E-state index is -0.507. The average molecular weight is 375 g/mol. The third-order valence-electron chi connectivity index (χ3n) is 4.23. The monoisotopic (exact) mass is 374 g/mol. The molecule has 118 valence electrons. The van der Waals surface area contributed by atoms with Crippen LogP contribution in [0.5, 0.6) is 0 Å². The molecule has 1 N–H and O–H groups in total. The van der Waals surface area contributed by atoms with Gasteiger partial charge < -0.3 is 5.32 Å². The molecule has 6 heteroatoms. The maximum absolute atomic E-state index is 12.3. The zero-order chi connectivity index (χ0) is 16.4. The highest BCUT2D eigenvalue weighted by atomic mass is 79.9. The van der Waals surface area contributed by atoms with Gasteiger partial charge in [-0.2, -0.15) is 0 Å². The SMILES string of the molecule is O=C(NCC1(c2ccccc2)CC1)c1ccc(Br)c([N+](=O)[O-])c1. The molecule has 0 radical (unpaired) electrons. The lowest BCUT2D eigenvalue weighted by Gasteiger charge is -2.16. The second-order valence-electron chi connectivity index (χ2n) is 5.75. The van der Waals surface area contributed by atoms with Crippen molar-refractivity contribution in [3.05, 3.63) is 74.2 Å². The molecule has 3 rings (SSSR count). The van der Waals surface area contributed by atoms with Crippen LogP contribution in [-0.2, 0) is 5.41 Å². The van der Waals surface area contributed by atoms with Crippen LogP contribution < -0.4 is 5.32 Å². The fraction of sp³-hybridized carbons (Fsp3) is 0.235. The molecule has 0 aromatic heterocycles. The van der Waals surface area contributed by atoms with E-state index < -0.39 is 4.92 Å². The summed E-state index contributed by atoms with van der Waals surface area (Å²) in [5, 5.41) is 13.9. The van der Waals surface area contributed by atoms with Gasteiger partial charge in [0, 0.05) is 23.6 Å². The van der Waals surface area contributed by atoms with Crippen LogP contribution >= 0.6 is 15.9 Å². The van der Waals surface area contributed by atoms with Crippen molar-refractivity contribution in [3.8, 4) is 0 Å². The number of carbonyl (C=O) groups excluding carboxylic acids is 1. The van der Waals surface area contributed by atoms with Gasteiger partial charge in [0.1, 0.15) is 0 Å². The number of nitrogens with one attached hydrogen (secondary N) is 1. The maximum atomic E-state index is 12.3. The largest absolute Gasteiger partial charge is 0.351 e. The highest BCUT2D eigenvalue weighted by Crippen LogP contribution is 2.47. The Bertz CT molecular complexity index is 758. The molecule has 1 saturated carbocycles. The topological polar surface area (TPSA) is 72.2 Å². The zero-order valence-electron chi connectivity index (χ0n) is 12.3. The molecule has 0 unspecified atom stereocenters. The van der Waals surface area contributed by atoms with E-state index in [1.807, 2.05) is 18.2 Å². The van der Waals surface area contributed by atoms with E-state index in [4.69, 9.17) is 0 Å². The molecular formula is C17H15BrN2O3. The fourth-order valence-corrected chi connectivity index (χ4v) is 3.05. The Labute approximate surface area is 142 Å². The van der Waals surface area contributed by atoms with Crippen molar-refractivity contribution in [2.45, 2.75) is 18.3 Å². The summed E-state index contributed by atoms with van der Waals surface area (Å²) in [4.78, 5) is 22.7. The molecule has 1 aliphatic rings. The van der Waals surface area contributed by atoms with Crippen molar-refractivity contribution in [2.24, 2.45) is 0 Å². The molecule has 0 spiro atoms. The van der Waals surface area contributed by atoms with Crippen LogP contribution in [0.3, 0.4) is 0 Å². The molecule has 0 aliphatic heterocycles. The Morgan fingerprint density at radius 2 is 1.91 bits per heavy atom. The van der Waals surface area contributed by atoms with Crippen LogP contribution in [0.15, 0.2) is 53.0 Å². The van der Waals surface area contributed by atoms with E-state index in [0.29, 0.717) is 16.6 Å². The number of nitro groups is 1. The highest BCUT2D eigenvalue weighted by molar-refractivity contribution is 9.10. The lowest BCUT2D eigenvalue weighted by atomic mass is 9.96. The second kappa shape index (κ2) is 6.12. The molecule has 0 heterocycles. The quantitative estimate of drug-likeness (QED) is 0.638. The van der Waals surface area contributed by atoms with E-state index in [9.17, 15) is 14.9 Å². The Kier molecular flexibility index (Phi) is 4.17. The van der Waals surface area contributed by atoms with Gasteiger partial charge in [0.2, 0.25) is 0 Å². The Hall–Kier alpha value is -2.21. The number of nitro benzene ring substituents is 1. The van der Waals surface area contributed by atoms with E-state index in [2.05, 4.69) is 33.4 Å². The molecule has 0 saturated heterocycles. The van der Waals surface area contributed by atoms with Crippen LogP contribution in [0, 0.1) is 10.1 Å². The number of benzene rings is 2. The summed E-state index contributed by atoms with van der Waals surface area (Å²) in [5.74, 6) is -0.289. The Morgan fingerprint density at radius 1 is 1.22 bits per heavy atom. The molecular weight excluding hydrogens is 360 g/mol. The second-order valence-corrected chi connectivity index (χ2v) is 6.61. The van der Waals surface area contributed by atoms with Gasteiger partial charge in [-0.15, -0.1) is 0 Å². The Balaban J connectivity index is 1.71. The van der Waals surface area contributed by atoms with Crippen LogP contribution in [0.2, 0.25) is 0 Å². The van der Waals surface area contributed by atoms with Gasteiger partial charge in [-0.3, -0.25) is 14.9 Å². The molecule has 2 aromatic carbocycles. The van der Waals surface area contributed by atoms with Crippen molar-refractivity contribution in [3.63, 3.8) is 0 Å². The lowest BCUT2D eigenvalue weighted by molar-refractivity contribution is -0.385. The van der Waals surface area contributed by atoms with Crippen LogP contribution in [0.25, 0.3) is 0 Å². The normalized spacial score (nSPS) is 15.0. The first-order valence-electron chi connectivity index (χ1n) is 7.29. The van der Waals surface area contributed by atoms with E-state index in [-0.39, 0.29) is 17.0 Å². The molecule has 0 atom stereocenters. The minimum Gasteiger partial charge on any atom is -0.351 e. The summed E-state index contributed by atoms with van der Waals surface area (Å²) in [6.45, 7) is 0.541. The van der Waals surface area contributed by atoms with Crippen LogP contribution in [0.4, 0.5) is 5.69 Å². The van der Waals surface area contributed by atoms with Crippen molar-refractivity contribution in [1.82, 2.24) is 5.32 Å². The third kappa shape index (κ3) is 3.27. The van der Waals surface area contributed by atoms with Crippen LogP contribution in [-0.4, -0.2) is 17.4 Å². The van der Waals surface area contributed by atoms with Gasteiger partial charge in [0.15, 0.2) is 0 Å². The van der Waals surface area contributed by atoms with E-state index in [0.717, 1.165) is 12.8 Å². The number of halogens is 1. The van der Waals surface area contributed by atoms with Crippen molar-refractivity contribution < 1.29 is 9.72 Å².